The molecule has 0 amide bonds. The molecule has 8 nitrogen and oxygen atoms in total. The van der Waals surface area contributed by atoms with Gasteiger partial charge in [-0.3, -0.25) is 4.79 Å². The van der Waals surface area contributed by atoms with Gasteiger partial charge in [-0.25, -0.2) is 14.6 Å². The van der Waals surface area contributed by atoms with Gasteiger partial charge in [0.15, 0.2) is 5.65 Å². The van der Waals surface area contributed by atoms with E-state index in [4.69, 9.17) is 10.2 Å². The predicted molar refractivity (Wildman–Crippen MR) is 58.5 cm³/mol. The molecule has 0 atom stereocenters. The molecular formula is C9H11N5O3. The minimum Gasteiger partial charge on any atom is -0.480 e. The van der Waals surface area contributed by atoms with E-state index in [9.17, 15) is 4.79 Å². The van der Waals surface area contributed by atoms with Crippen LogP contribution in [-0.4, -0.2) is 49.1 Å². The van der Waals surface area contributed by atoms with Crippen molar-refractivity contribution >= 4 is 22.8 Å². The minimum absolute atomic E-state index is 0.0430. The van der Waals surface area contributed by atoms with Gasteiger partial charge in [0.05, 0.1) is 24.7 Å². The molecule has 0 unspecified atom stereocenters. The van der Waals surface area contributed by atoms with Crippen molar-refractivity contribution in [1.82, 2.24) is 19.7 Å². The number of aliphatic hydroxyl groups excluding tert-OH is 1. The van der Waals surface area contributed by atoms with Crippen molar-refractivity contribution in [2.45, 2.75) is 6.54 Å². The molecule has 2 heterocycles. The summed E-state index contributed by atoms with van der Waals surface area (Å²) in [5, 5.41) is 24.8. The van der Waals surface area contributed by atoms with Crippen LogP contribution >= 0.6 is 0 Å². The molecule has 17 heavy (non-hydrogen) atoms. The van der Waals surface area contributed by atoms with Gasteiger partial charge in [0.1, 0.15) is 18.7 Å². The lowest BCUT2D eigenvalue weighted by Crippen LogP contribution is -2.13. The number of hydrogen-bond acceptors (Lipinski definition) is 6. The second kappa shape index (κ2) is 4.74. The SMILES string of the molecule is O=C(O)CNc1ncnc2c1cnn2CCO. The number of fused-ring (bicyclic) bond motifs is 1. The van der Waals surface area contributed by atoms with Crippen LogP contribution in [0.5, 0.6) is 0 Å². The van der Waals surface area contributed by atoms with Crippen molar-refractivity contribution in [3.63, 3.8) is 0 Å². The maximum Gasteiger partial charge on any atom is 0.322 e. The third kappa shape index (κ3) is 2.31. The molecule has 3 N–H and O–H groups in total. The highest BCUT2D eigenvalue weighted by Crippen LogP contribution is 2.17. The van der Waals surface area contributed by atoms with Gasteiger partial charge in [-0.2, -0.15) is 5.10 Å². The number of nitrogens with zero attached hydrogens (tertiary/aromatic N) is 4. The number of rotatable bonds is 5. The average molecular weight is 237 g/mol. The largest absolute Gasteiger partial charge is 0.480 e. The second-order valence-electron chi connectivity index (χ2n) is 3.30. The molecule has 90 valence electrons. The van der Waals surface area contributed by atoms with Gasteiger partial charge in [0.2, 0.25) is 0 Å². The van der Waals surface area contributed by atoms with E-state index in [1.807, 2.05) is 0 Å². The predicted octanol–water partition coefficient (Wildman–Crippen LogP) is -0.685. The lowest BCUT2D eigenvalue weighted by atomic mass is 10.4. The fraction of sp³-hybridized carbons (Fsp3) is 0.333. The molecule has 0 fully saturated rings. The molecule has 0 radical (unpaired) electrons. The third-order valence-electron chi connectivity index (χ3n) is 2.15. The Labute approximate surface area is 95.9 Å². The van der Waals surface area contributed by atoms with E-state index in [0.29, 0.717) is 23.4 Å². The van der Waals surface area contributed by atoms with E-state index in [-0.39, 0.29) is 13.2 Å². The number of aliphatic hydroxyl groups is 1. The van der Waals surface area contributed by atoms with Crippen LogP contribution in [0.25, 0.3) is 11.0 Å². The summed E-state index contributed by atoms with van der Waals surface area (Å²) >= 11 is 0. The van der Waals surface area contributed by atoms with E-state index in [2.05, 4.69) is 20.4 Å². The molecule has 0 saturated heterocycles. The number of carboxylic acids is 1. The second-order valence-corrected chi connectivity index (χ2v) is 3.30. The molecule has 0 spiro atoms. The summed E-state index contributed by atoms with van der Waals surface area (Å²) in [5.41, 5.74) is 0.557. The number of aromatic nitrogens is 4. The zero-order valence-corrected chi connectivity index (χ0v) is 8.87. The number of carbonyl (C=O) groups is 1. The maximum atomic E-state index is 10.5. The van der Waals surface area contributed by atoms with Gasteiger partial charge in [0, 0.05) is 0 Å². The van der Waals surface area contributed by atoms with E-state index in [0.717, 1.165) is 0 Å². The Morgan fingerprint density at radius 2 is 2.29 bits per heavy atom. The lowest BCUT2D eigenvalue weighted by molar-refractivity contribution is -0.134. The number of anilines is 1. The summed E-state index contributed by atoms with van der Waals surface area (Å²) in [4.78, 5) is 18.4. The quantitative estimate of drug-likeness (QED) is 0.631. The van der Waals surface area contributed by atoms with Crippen LogP contribution in [0.4, 0.5) is 5.82 Å². The van der Waals surface area contributed by atoms with Crippen LogP contribution in [0.3, 0.4) is 0 Å². The molecule has 8 heteroatoms. The molecule has 2 rings (SSSR count). The van der Waals surface area contributed by atoms with Crippen LogP contribution in [-0.2, 0) is 11.3 Å². The first-order valence-corrected chi connectivity index (χ1v) is 4.95. The van der Waals surface area contributed by atoms with Crippen LogP contribution in [0.1, 0.15) is 0 Å². The van der Waals surface area contributed by atoms with Crippen molar-refractivity contribution in [2.75, 3.05) is 18.5 Å². The Bertz CT molecular complexity index is 538. The summed E-state index contributed by atoms with van der Waals surface area (Å²) in [5.74, 6) is -0.555. The Kier molecular flexibility index (Phi) is 3.15. The third-order valence-corrected chi connectivity index (χ3v) is 2.15. The zero-order chi connectivity index (χ0) is 12.3. The minimum atomic E-state index is -0.973. The maximum absolute atomic E-state index is 10.5. The van der Waals surface area contributed by atoms with E-state index in [1.165, 1.54) is 17.2 Å². The fourth-order valence-corrected chi connectivity index (χ4v) is 1.45. The molecule has 0 saturated carbocycles. The highest BCUT2D eigenvalue weighted by Gasteiger charge is 2.09. The fourth-order valence-electron chi connectivity index (χ4n) is 1.45. The number of nitrogens with one attached hydrogen (secondary N) is 1. The van der Waals surface area contributed by atoms with Gasteiger partial charge in [0.25, 0.3) is 0 Å². The highest BCUT2D eigenvalue weighted by molar-refractivity contribution is 5.87. The first-order chi connectivity index (χ1) is 8.22. The van der Waals surface area contributed by atoms with E-state index in [1.54, 1.807) is 0 Å². The van der Waals surface area contributed by atoms with E-state index < -0.39 is 5.97 Å². The van der Waals surface area contributed by atoms with Crippen LogP contribution in [0.15, 0.2) is 12.5 Å². The van der Waals surface area contributed by atoms with Crippen LogP contribution in [0, 0.1) is 0 Å². The van der Waals surface area contributed by atoms with Crippen LogP contribution in [0.2, 0.25) is 0 Å². The summed E-state index contributed by atoms with van der Waals surface area (Å²) in [6, 6.07) is 0. The summed E-state index contributed by atoms with van der Waals surface area (Å²) in [7, 11) is 0. The van der Waals surface area contributed by atoms with Gasteiger partial charge < -0.3 is 15.5 Å². The monoisotopic (exact) mass is 237 g/mol. The van der Waals surface area contributed by atoms with Gasteiger partial charge in [-0.15, -0.1) is 0 Å². The summed E-state index contributed by atoms with van der Waals surface area (Å²) < 4.78 is 1.53. The molecule has 2 aromatic rings. The van der Waals surface area contributed by atoms with Crippen molar-refractivity contribution < 1.29 is 15.0 Å². The molecular weight excluding hydrogens is 226 g/mol. The summed E-state index contributed by atoms with van der Waals surface area (Å²) in [6.07, 6.45) is 2.86. The summed E-state index contributed by atoms with van der Waals surface area (Å²) in [6.45, 7) is 0.0643. The molecule has 0 aromatic carbocycles. The van der Waals surface area contributed by atoms with Gasteiger partial charge in [-0.05, 0) is 0 Å². The molecule has 0 aliphatic rings. The Balaban J connectivity index is 2.34. The van der Waals surface area contributed by atoms with Gasteiger partial charge in [-0.1, -0.05) is 0 Å². The first-order valence-electron chi connectivity index (χ1n) is 4.95. The van der Waals surface area contributed by atoms with Crippen molar-refractivity contribution in [3.8, 4) is 0 Å². The van der Waals surface area contributed by atoms with Gasteiger partial charge >= 0.3 is 5.97 Å². The van der Waals surface area contributed by atoms with Crippen LogP contribution < -0.4 is 5.32 Å². The molecule has 0 aliphatic carbocycles. The normalized spacial score (nSPS) is 10.6. The van der Waals surface area contributed by atoms with Crippen molar-refractivity contribution in [1.29, 1.82) is 0 Å². The average Bonchev–Trinajstić information content (AvgIpc) is 2.71. The van der Waals surface area contributed by atoms with E-state index >= 15 is 0 Å². The highest BCUT2D eigenvalue weighted by atomic mass is 16.4. The van der Waals surface area contributed by atoms with Crippen molar-refractivity contribution in [2.24, 2.45) is 0 Å². The number of aliphatic carboxylic acids is 1. The lowest BCUT2D eigenvalue weighted by Gasteiger charge is -2.03. The Morgan fingerprint density at radius 1 is 1.47 bits per heavy atom. The Morgan fingerprint density at radius 3 is 3.00 bits per heavy atom. The zero-order valence-electron chi connectivity index (χ0n) is 8.87. The smallest absolute Gasteiger partial charge is 0.322 e. The van der Waals surface area contributed by atoms with Crippen molar-refractivity contribution in [3.05, 3.63) is 12.5 Å². The molecule has 2 aromatic heterocycles. The standard InChI is InChI=1S/C9H11N5O3/c15-2-1-14-9-6(3-13-14)8(11-5-12-9)10-4-7(16)17/h3,5,15H,1-2,4H2,(H,16,17)(H,10,11,12). The topological polar surface area (TPSA) is 113 Å². The number of hydrogen-bond donors (Lipinski definition) is 3. The number of carboxylic acid groups (broad SMARTS) is 1. The first kappa shape index (κ1) is 11.3. The Hall–Kier alpha value is -2.22. The molecule has 0 aliphatic heterocycles. The molecule has 0 bridgehead atoms.